The van der Waals surface area contributed by atoms with E-state index in [1.54, 1.807) is 18.2 Å². The van der Waals surface area contributed by atoms with Gasteiger partial charge in [-0.2, -0.15) is 18.4 Å². The van der Waals surface area contributed by atoms with Crippen molar-refractivity contribution < 1.29 is 27.4 Å². The van der Waals surface area contributed by atoms with Crippen LogP contribution in [0, 0.1) is 11.3 Å². The van der Waals surface area contributed by atoms with E-state index in [0.717, 1.165) is 12.1 Å². The van der Waals surface area contributed by atoms with Gasteiger partial charge in [-0.05, 0) is 55.8 Å². The molecule has 2 rings (SSSR count). The number of carbonyl (C=O) groups excluding carboxylic acids is 1. The maximum Gasteiger partial charge on any atom is 0.416 e. The number of rotatable bonds is 9. The fourth-order valence-electron chi connectivity index (χ4n) is 3.02. The van der Waals surface area contributed by atoms with Gasteiger partial charge in [0.15, 0.2) is 18.1 Å². The van der Waals surface area contributed by atoms with Gasteiger partial charge in [0.25, 0.3) is 0 Å². The number of benzene rings is 2. The van der Waals surface area contributed by atoms with Crippen LogP contribution in [-0.4, -0.2) is 32.7 Å². The van der Waals surface area contributed by atoms with Gasteiger partial charge in [-0.25, -0.2) is 0 Å². The van der Waals surface area contributed by atoms with Crippen LogP contribution >= 0.6 is 0 Å². The van der Waals surface area contributed by atoms with Crippen LogP contribution in [0.15, 0.2) is 42.5 Å². The third-order valence-electron chi connectivity index (χ3n) is 4.59. The minimum absolute atomic E-state index is 0.0796. The molecule has 0 unspecified atom stereocenters. The number of amides is 1. The zero-order chi connectivity index (χ0) is 23.7. The van der Waals surface area contributed by atoms with Crippen molar-refractivity contribution in [3.63, 3.8) is 0 Å². The molecule has 0 fully saturated rings. The van der Waals surface area contributed by atoms with Gasteiger partial charge < -0.3 is 19.7 Å². The molecule has 0 radical (unpaired) electrons. The third kappa shape index (κ3) is 6.41. The summed E-state index contributed by atoms with van der Waals surface area (Å²) in [6.07, 6.45) is -1.81. The lowest BCUT2D eigenvalue weighted by molar-refractivity contribution is -0.137. The minimum atomic E-state index is -4.52. The van der Waals surface area contributed by atoms with E-state index < -0.39 is 17.6 Å². The van der Waals surface area contributed by atoms with E-state index >= 15 is 0 Å². The first-order chi connectivity index (χ1) is 15.2. The highest BCUT2D eigenvalue weighted by Crippen LogP contribution is 2.35. The van der Waals surface area contributed by atoms with Crippen molar-refractivity contribution in [3.8, 4) is 17.6 Å². The Bertz CT molecular complexity index is 1010. The molecule has 0 atom stereocenters. The molecule has 0 heterocycles. The van der Waals surface area contributed by atoms with Crippen molar-refractivity contribution in [1.82, 2.24) is 0 Å². The van der Waals surface area contributed by atoms with Crippen molar-refractivity contribution >= 4 is 23.4 Å². The van der Waals surface area contributed by atoms with Crippen LogP contribution in [0.3, 0.4) is 0 Å². The molecule has 0 aliphatic carbocycles. The molecule has 0 saturated carbocycles. The zero-order valence-electron chi connectivity index (χ0n) is 18.0. The topological polar surface area (TPSA) is 74.6 Å². The molecule has 6 nitrogen and oxygen atoms in total. The number of hydrogen-bond acceptors (Lipinski definition) is 5. The molecule has 0 saturated heterocycles. The number of nitrogens with zero attached hydrogens (tertiary/aromatic N) is 2. The summed E-state index contributed by atoms with van der Waals surface area (Å²) in [6, 6.07) is 10.0. The summed E-state index contributed by atoms with van der Waals surface area (Å²) < 4.78 is 50.0. The lowest BCUT2D eigenvalue weighted by Crippen LogP contribution is -2.24. The van der Waals surface area contributed by atoms with Crippen LogP contribution in [0.1, 0.15) is 25.0 Å². The second-order valence-corrected chi connectivity index (χ2v) is 6.58. The molecule has 0 aromatic heterocycles. The lowest BCUT2D eigenvalue weighted by Gasteiger charge is -2.25. The van der Waals surface area contributed by atoms with Crippen molar-refractivity contribution in [2.75, 3.05) is 37.0 Å². The average Bonchev–Trinajstić information content (AvgIpc) is 2.77. The fourth-order valence-corrected chi connectivity index (χ4v) is 3.02. The molecule has 1 amide bonds. The number of carbonyl (C=O) groups is 1. The van der Waals surface area contributed by atoms with Crippen LogP contribution in [0.2, 0.25) is 0 Å². The van der Waals surface area contributed by atoms with E-state index in [9.17, 15) is 18.0 Å². The summed E-state index contributed by atoms with van der Waals surface area (Å²) in [6.45, 7) is 4.76. The maximum atomic E-state index is 13.2. The van der Waals surface area contributed by atoms with Gasteiger partial charge in [-0.15, -0.1) is 0 Å². The van der Waals surface area contributed by atoms with E-state index in [1.807, 2.05) is 24.8 Å². The Labute approximate surface area is 184 Å². The van der Waals surface area contributed by atoms with E-state index in [2.05, 4.69) is 5.32 Å². The molecule has 2 aromatic carbocycles. The number of anilines is 2. The molecule has 170 valence electrons. The summed E-state index contributed by atoms with van der Waals surface area (Å²) in [5, 5.41) is 11.2. The first-order valence-corrected chi connectivity index (χ1v) is 9.86. The van der Waals surface area contributed by atoms with Crippen LogP contribution in [0.25, 0.3) is 6.08 Å². The van der Waals surface area contributed by atoms with Gasteiger partial charge in [0.1, 0.15) is 6.07 Å². The Kier molecular flexibility index (Phi) is 8.53. The number of alkyl halides is 3. The predicted octanol–water partition coefficient (Wildman–Crippen LogP) is 5.11. The first-order valence-electron chi connectivity index (χ1n) is 9.86. The minimum Gasteiger partial charge on any atom is -0.493 e. The standard InChI is InChI=1S/C23H24F3N3O3/c1-4-29(5-2)19-9-8-17(23(24,25)26)15-18(19)28-22(30)11-7-16-6-10-20(32-13-12-27)21(14-16)31-3/h6-11,14-15H,4-5,13H2,1-3H3,(H,28,30)/b11-7+. The summed E-state index contributed by atoms with van der Waals surface area (Å²) in [4.78, 5) is 14.3. The molecular formula is C23H24F3N3O3. The van der Waals surface area contributed by atoms with Gasteiger partial charge in [0.05, 0.1) is 24.0 Å². The summed E-state index contributed by atoms with van der Waals surface area (Å²) in [7, 11) is 1.44. The number of nitrogens with one attached hydrogen (secondary N) is 1. The van der Waals surface area contributed by atoms with Crippen LogP contribution in [-0.2, 0) is 11.0 Å². The highest BCUT2D eigenvalue weighted by atomic mass is 19.4. The fraction of sp³-hybridized carbons (Fsp3) is 0.304. The summed E-state index contributed by atoms with van der Waals surface area (Å²) in [5.74, 6) is 0.175. The zero-order valence-corrected chi connectivity index (χ0v) is 18.0. The molecule has 1 N–H and O–H groups in total. The van der Waals surface area contributed by atoms with Crippen LogP contribution in [0.5, 0.6) is 11.5 Å². The highest BCUT2D eigenvalue weighted by molar-refractivity contribution is 6.04. The Morgan fingerprint density at radius 2 is 1.88 bits per heavy atom. The van der Waals surface area contributed by atoms with Crippen molar-refractivity contribution in [2.45, 2.75) is 20.0 Å². The van der Waals surface area contributed by atoms with E-state index in [-0.39, 0.29) is 12.3 Å². The normalized spacial score (nSPS) is 11.2. The van der Waals surface area contributed by atoms with E-state index in [4.69, 9.17) is 14.7 Å². The van der Waals surface area contributed by atoms with Crippen LogP contribution in [0.4, 0.5) is 24.5 Å². The highest BCUT2D eigenvalue weighted by Gasteiger charge is 2.31. The Morgan fingerprint density at radius 3 is 2.47 bits per heavy atom. The lowest BCUT2D eigenvalue weighted by atomic mass is 10.1. The van der Waals surface area contributed by atoms with Gasteiger partial charge in [0.2, 0.25) is 5.91 Å². The third-order valence-corrected chi connectivity index (χ3v) is 4.59. The molecule has 0 bridgehead atoms. The number of nitriles is 1. The van der Waals surface area contributed by atoms with Gasteiger partial charge in [0, 0.05) is 19.2 Å². The molecule has 9 heteroatoms. The average molecular weight is 447 g/mol. The number of ether oxygens (including phenoxy) is 2. The predicted molar refractivity (Wildman–Crippen MR) is 117 cm³/mol. The second-order valence-electron chi connectivity index (χ2n) is 6.58. The van der Waals surface area contributed by atoms with Crippen molar-refractivity contribution in [3.05, 3.63) is 53.6 Å². The van der Waals surface area contributed by atoms with E-state index in [1.165, 1.54) is 25.3 Å². The quantitative estimate of drug-likeness (QED) is 0.541. The second kappa shape index (κ2) is 11.1. The number of methoxy groups -OCH3 is 1. The molecule has 0 aliphatic rings. The largest absolute Gasteiger partial charge is 0.493 e. The molecular weight excluding hydrogens is 423 g/mol. The molecule has 0 spiro atoms. The summed E-state index contributed by atoms with van der Waals surface area (Å²) in [5.41, 5.74) is 0.348. The van der Waals surface area contributed by atoms with Gasteiger partial charge >= 0.3 is 6.18 Å². The Hall–Kier alpha value is -3.67. The van der Waals surface area contributed by atoms with Gasteiger partial charge in [-0.3, -0.25) is 4.79 Å². The first kappa shape index (κ1) is 24.6. The van der Waals surface area contributed by atoms with Gasteiger partial charge in [-0.1, -0.05) is 6.07 Å². The van der Waals surface area contributed by atoms with Crippen LogP contribution < -0.4 is 19.7 Å². The SMILES string of the molecule is CCN(CC)c1ccc(C(F)(F)F)cc1NC(=O)/C=C/c1ccc(OCC#N)c(OC)c1. The Morgan fingerprint density at radius 1 is 1.16 bits per heavy atom. The smallest absolute Gasteiger partial charge is 0.416 e. The monoisotopic (exact) mass is 447 g/mol. The molecule has 2 aromatic rings. The number of halogens is 3. The van der Waals surface area contributed by atoms with Crippen molar-refractivity contribution in [1.29, 1.82) is 5.26 Å². The molecule has 32 heavy (non-hydrogen) atoms. The Balaban J connectivity index is 2.26. The van der Waals surface area contributed by atoms with Crippen molar-refractivity contribution in [2.24, 2.45) is 0 Å². The number of hydrogen-bond donors (Lipinski definition) is 1. The maximum absolute atomic E-state index is 13.2. The van der Waals surface area contributed by atoms with E-state index in [0.29, 0.717) is 35.8 Å². The summed E-state index contributed by atoms with van der Waals surface area (Å²) >= 11 is 0. The molecule has 0 aliphatic heterocycles.